The van der Waals surface area contributed by atoms with E-state index in [2.05, 4.69) is 0 Å². The molecule has 0 radical (unpaired) electrons. The second kappa shape index (κ2) is 6.61. The number of rotatable bonds is 4. The number of nitrogens with zero attached hydrogens (tertiary/aromatic N) is 2. The van der Waals surface area contributed by atoms with Crippen molar-refractivity contribution in [1.29, 1.82) is 0 Å². The van der Waals surface area contributed by atoms with Gasteiger partial charge in [0.15, 0.2) is 0 Å². The number of carbonyl (C=O) groups is 3. The van der Waals surface area contributed by atoms with Crippen LogP contribution < -0.4 is 0 Å². The van der Waals surface area contributed by atoms with Gasteiger partial charge in [0.2, 0.25) is 5.91 Å². The Morgan fingerprint density at radius 3 is 2.46 bits per heavy atom. The van der Waals surface area contributed by atoms with Gasteiger partial charge >= 0.3 is 12.1 Å². The van der Waals surface area contributed by atoms with Crippen LogP contribution in [0.3, 0.4) is 0 Å². The lowest BCUT2D eigenvalue weighted by molar-refractivity contribution is -0.150. The van der Waals surface area contributed by atoms with E-state index in [-0.39, 0.29) is 17.7 Å². The van der Waals surface area contributed by atoms with Gasteiger partial charge in [0.25, 0.3) is 0 Å². The fraction of sp³-hybridized carbons (Fsp3) is 0.824. The van der Waals surface area contributed by atoms with Gasteiger partial charge in [-0.15, -0.1) is 0 Å². The zero-order valence-electron chi connectivity index (χ0n) is 15.1. The van der Waals surface area contributed by atoms with Crippen LogP contribution in [0.2, 0.25) is 0 Å². The summed E-state index contributed by atoms with van der Waals surface area (Å²) in [5, 5.41) is 9.49. The van der Waals surface area contributed by atoms with Crippen molar-refractivity contribution in [2.45, 2.75) is 65.1 Å². The summed E-state index contributed by atoms with van der Waals surface area (Å²) in [5.41, 5.74) is -0.627. The molecule has 24 heavy (non-hydrogen) atoms. The molecular formula is C17H28N2O5. The van der Waals surface area contributed by atoms with Crippen molar-refractivity contribution in [2.24, 2.45) is 11.8 Å². The van der Waals surface area contributed by atoms with Gasteiger partial charge < -0.3 is 14.7 Å². The molecule has 1 N–H and O–H groups in total. The Kier molecular flexibility index (Phi) is 5.11. The maximum Gasteiger partial charge on any atom is 0.410 e. The molecule has 0 aromatic heterocycles. The zero-order valence-corrected chi connectivity index (χ0v) is 15.1. The van der Waals surface area contributed by atoms with Crippen molar-refractivity contribution >= 4 is 18.0 Å². The van der Waals surface area contributed by atoms with E-state index in [4.69, 9.17) is 4.74 Å². The SMILES string of the molecule is CC(C)C[C@H](C(=O)O)N1C[C@H]2CCN(C(=O)OC(C)(C)C)[C@H]2C1=O. The Hall–Kier alpha value is -1.79. The molecule has 0 spiro atoms. The van der Waals surface area contributed by atoms with E-state index in [1.165, 1.54) is 9.80 Å². The van der Waals surface area contributed by atoms with E-state index < -0.39 is 29.7 Å². The average molecular weight is 340 g/mol. The zero-order chi connectivity index (χ0) is 18.2. The first-order valence-corrected chi connectivity index (χ1v) is 8.54. The predicted molar refractivity (Wildman–Crippen MR) is 87.4 cm³/mol. The smallest absolute Gasteiger partial charge is 0.410 e. The fourth-order valence-electron chi connectivity index (χ4n) is 3.51. The Bertz CT molecular complexity index is 526. The second-order valence-corrected chi connectivity index (χ2v) is 8.14. The van der Waals surface area contributed by atoms with E-state index in [9.17, 15) is 19.5 Å². The molecule has 2 amide bonds. The van der Waals surface area contributed by atoms with Gasteiger partial charge in [0.1, 0.15) is 17.7 Å². The molecule has 2 rings (SSSR count). The highest BCUT2D eigenvalue weighted by molar-refractivity contribution is 5.92. The quantitative estimate of drug-likeness (QED) is 0.845. The largest absolute Gasteiger partial charge is 0.480 e. The number of hydrogen-bond donors (Lipinski definition) is 1. The maximum absolute atomic E-state index is 12.8. The van der Waals surface area contributed by atoms with E-state index in [1.807, 2.05) is 13.8 Å². The molecule has 3 atom stereocenters. The summed E-state index contributed by atoms with van der Waals surface area (Å²) in [4.78, 5) is 39.7. The van der Waals surface area contributed by atoms with Gasteiger partial charge in [-0.1, -0.05) is 13.8 Å². The van der Waals surface area contributed by atoms with Crippen molar-refractivity contribution in [1.82, 2.24) is 9.80 Å². The van der Waals surface area contributed by atoms with Crippen LogP contribution in [0.15, 0.2) is 0 Å². The van der Waals surface area contributed by atoms with Gasteiger partial charge in [-0.25, -0.2) is 9.59 Å². The summed E-state index contributed by atoms with van der Waals surface area (Å²) in [6, 6.07) is -1.42. The third kappa shape index (κ3) is 3.82. The van der Waals surface area contributed by atoms with Crippen molar-refractivity contribution in [2.75, 3.05) is 13.1 Å². The van der Waals surface area contributed by atoms with Gasteiger partial charge in [-0.2, -0.15) is 0 Å². The number of aliphatic carboxylic acids is 1. The summed E-state index contributed by atoms with van der Waals surface area (Å²) >= 11 is 0. The van der Waals surface area contributed by atoms with Gasteiger partial charge in [-0.3, -0.25) is 9.69 Å². The molecule has 2 aliphatic heterocycles. The molecule has 0 bridgehead atoms. The summed E-state index contributed by atoms with van der Waals surface area (Å²) < 4.78 is 5.39. The van der Waals surface area contributed by atoms with Crippen molar-refractivity contribution in [3.8, 4) is 0 Å². The minimum atomic E-state index is -0.985. The summed E-state index contributed by atoms with van der Waals surface area (Å²) in [5.74, 6) is -1.10. The molecule has 7 heteroatoms. The van der Waals surface area contributed by atoms with Crippen molar-refractivity contribution in [3.63, 3.8) is 0 Å². The van der Waals surface area contributed by atoms with Crippen LogP contribution in [0.1, 0.15) is 47.5 Å². The highest BCUT2D eigenvalue weighted by atomic mass is 16.6. The Morgan fingerprint density at radius 1 is 1.33 bits per heavy atom. The molecule has 2 saturated heterocycles. The number of carbonyl (C=O) groups excluding carboxylic acids is 2. The first-order valence-electron chi connectivity index (χ1n) is 8.54. The van der Waals surface area contributed by atoms with Crippen LogP contribution in [0.5, 0.6) is 0 Å². The standard InChI is InChI=1S/C17H28N2O5/c1-10(2)8-12(15(21)22)19-9-11-6-7-18(13(11)14(19)20)16(23)24-17(3,4)5/h10-13H,6-9H2,1-5H3,(H,21,22)/t11-,12-,13-/m1/s1. The lowest BCUT2D eigenvalue weighted by atomic mass is 10.0. The van der Waals surface area contributed by atoms with Crippen LogP contribution in [-0.2, 0) is 14.3 Å². The van der Waals surface area contributed by atoms with Crippen molar-refractivity contribution in [3.05, 3.63) is 0 Å². The van der Waals surface area contributed by atoms with E-state index in [0.717, 1.165) is 0 Å². The van der Waals surface area contributed by atoms with E-state index in [0.29, 0.717) is 25.9 Å². The third-order valence-electron chi connectivity index (χ3n) is 4.47. The molecule has 0 aromatic carbocycles. The predicted octanol–water partition coefficient (Wildman–Crippen LogP) is 1.95. The van der Waals surface area contributed by atoms with Crippen LogP contribution in [0.4, 0.5) is 4.79 Å². The summed E-state index contributed by atoms with van der Waals surface area (Å²) in [7, 11) is 0. The molecule has 2 fully saturated rings. The monoisotopic (exact) mass is 340 g/mol. The molecule has 2 aliphatic rings. The molecule has 136 valence electrons. The maximum atomic E-state index is 12.8. The van der Waals surface area contributed by atoms with Gasteiger partial charge in [0, 0.05) is 19.0 Å². The van der Waals surface area contributed by atoms with Crippen LogP contribution in [0.25, 0.3) is 0 Å². The molecule has 0 aliphatic carbocycles. The Labute approximate surface area is 142 Å². The first kappa shape index (κ1) is 18.5. The molecular weight excluding hydrogens is 312 g/mol. The number of likely N-dealkylation sites (tertiary alicyclic amines) is 2. The van der Waals surface area contributed by atoms with Crippen LogP contribution in [0, 0.1) is 11.8 Å². The number of ether oxygens (including phenoxy) is 1. The molecule has 2 heterocycles. The summed E-state index contributed by atoms with van der Waals surface area (Å²) in [6.45, 7) is 10.1. The Balaban J connectivity index is 2.14. The van der Waals surface area contributed by atoms with Crippen LogP contribution in [-0.4, -0.2) is 63.7 Å². The first-order chi connectivity index (χ1) is 11.0. The lowest BCUT2D eigenvalue weighted by Crippen LogP contribution is -2.49. The topological polar surface area (TPSA) is 87.2 Å². The van der Waals surface area contributed by atoms with Gasteiger partial charge in [0.05, 0.1) is 0 Å². The lowest BCUT2D eigenvalue weighted by Gasteiger charge is -2.30. The number of fused-ring (bicyclic) bond motifs is 1. The minimum Gasteiger partial charge on any atom is -0.480 e. The fourth-order valence-corrected chi connectivity index (χ4v) is 3.51. The molecule has 0 saturated carbocycles. The normalized spacial score (nSPS) is 25.2. The second-order valence-electron chi connectivity index (χ2n) is 8.14. The summed E-state index contributed by atoms with van der Waals surface area (Å²) in [6.07, 6.45) is 0.605. The molecule has 0 aromatic rings. The molecule has 7 nitrogen and oxygen atoms in total. The highest BCUT2D eigenvalue weighted by Gasteiger charge is 2.52. The van der Waals surface area contributed by atoms with E-state index >= 15 is 0 Å². The minimum absolute atomic E-state index is 0.0148. The number of carboxylic acids is 1. The molecule has 0 unspecified atom stereocenters. The average Bonchev–Trinajstić information content (AvgIpc) is 2.94. The van der Waals surface area contributed by atoms with Crippen LogP contribution >= 0.6 is 0 Å². The third-order valence-corrected chi connectivity index (χ3v) is 4.47. The van der Waals surface area contributed by atoms with Gasteiger partial charge in [-0.05, 0) is 39.5 Å². The number of carboxylic acid groups (broad SMARTS) is 1. The van der Waals surface area contributed by atoms with Crippen molar-refractivity contribution < 1.29 is 24.2 Å². The van der Waals surface area contributed by atoms with E-state index in [1.54, 1.807) is 20.8 Å². The Morgan fingerprint density at radius 2 is 1.96 bits per heavy atom. The number of amides is 2. The highest BCUT2D eigenvalue weighted by Crippen LogP contribution is 2.35. The number of hydrogen-bond acceptors (Lipinski definition) is 4.